The van der Waals surface area contributed by atoms with E-state index < -0.39 is 0 Å². The van der Waals surface area contributed by atoms with Crippen molar-refractivity contribution in [1.82, 2.24) is 20.9 Å². The zero-order valence-electron chi connectivity index (χ0n) is 15.0. The summed E-state index contributed by atoms with van der Waals surface area (Å²) in [4.78, 5) is 26.5. The average Bonchev–Trinajstić information content (AvgIpc) is 3.17. The summed E-state index contributed by atoms with van der Waals surface area (Å²) in [5, 5.41) is 9.65. The second-order valence-electron chi connectivity index (χ2n) is 7.06. The number of amides is 4. The summed E-state index contributed by atoms with van der Waals surface area (Å²) in [6, 6.07) is 7.18. The van der Waals surface area contributed by atoms with Gasteiger partial charge in [-0.25, -0.2) is 9.59 Å². The standard InChI is InChI=1S/C19H27ClN4O2/c20-15-8-2-1-7-14(15)13-21-18(25)22-16-9-3-4-10-17(16)23-19(26)24-11-5-6-12-24/h1-2,7-8,16-17H,3-6,9-13H2,(H,23,26)(H2,21,22,25). The Bertz CT molecular complexity index is 634. The Labute approximate surface area is 159 Å². The highest BCUT2D eigenvalue weighted by Crippen LogP contribution is 2.20. The van der Waals surface area contributed by atoms with Crippen LogP contribution < -0.4 is 16.0 Å². The molecule has 0 radical (unpaired) electrons. The molecule has 0 bridgehead atoms. The number of halogens is 1. The molecule has 2 fully saturated rings. The Hall–Kier alpha value is -1.95. The van der Waals surface area contributed by atoms with E-state index in [9.17, 15) is 9.59 Å². The molecule has 1 aromatic rings. The fourth-order valence-electron chi connectivity index (χ4n) is 3.68. The maximum Gasteiger partial charge on any atom is 0.317 e. The van der Waals surface area contributed by atoms with Gasteiger partial charge in [0.05, 0.1) is 12.1 Å². The zero-order chi connectivity index (χ0) is 18.4. The molecule has 2 unspecified atom stereocenters. The summed E-state index contributed by atoms with van der Waals surface area (Å²) in [6.45, 7) is 2.03. The smallest absolute Gasteiger partial charge is 0.317 e. The van der Waals surface area contributed by atoms with E-state index in [1.165, 1.54) is 0 Å². The second-order valence-corrected chi connectivity index (χ2v) is 7.47. The summed E-state index contributed by atoms with van der Waals surface area (Å²) in [7, 11) is 0. The second kappa shape index (κ2) is 9.12. The molecule has 2 aliphatic rings. The highest BCUT2D eigenvalue weighted by atomic mass is 35.5. The van der Waals surface area contributed by atoms with E-state index in [0.29, 0.717) is 11.6 Å². The minimum Gasteiger partial charge on any atom is -0.334 e. The number of rotatable bonds is 4. The average molecular weight is 379 g/mol. The molecule has 0 aromatic heterocycles. The van der Waals surface area contributed by atoms with Crippen LogP contribution in [0.1, 0.15) is 44.1 Å². The van der Waals surface area contributed by atoms with Gasteiger partial charge >= 0.3 is 12.1 Å². The molecule has 3 N–H and O–H groups in total. The number of urea groups is 2. The van der Waals surface area contributed by atoms with Crippen molar-refractivity contribution in [3.05, 3.63) is 34.9 Å². The van der Waals surface area contributed by atoms with Crippen LogP contribution in [0.4, 0.5) is 9.59 Å². The van der Waals surface area contributed by atoms with Crippen molar-refractivity contribution in [3.8, 4) is 0 Å². The lowest BCUT2D eigenvalue weighted by Crippen LogP contribution is -2.56. The van der Waals surface area contributed by atoms with Crippen molar-refractivity contribution in [1.29, 1.82) is 0 Å². The normalized spacial score (nSPS) is 22.7. The lowest BCUT2D eigenvalue weighted by Gasteiger charge is -2.34. The molecular formula is C19H27ClN4O2. The summed E-state index contributed by atoms with van der Waals surface area (Å²) in [6.07, 6.45) is 6.06. The first-order valence-electron chi connectivity index (χ1n) is 9.46. The monoisotopic (exact) mass is 378 g/mol. The molecule has 3 rings (SSSR count). The number of nitrogens with zero attached hydrogens (tertiary/aromatic N) is 1. The van der Waals surface area contributed by atoms with E-state index in [4.69, 9.17) is 11.6 Å². The lowest BCUT2D eigenvalue weighted by atomic mass is 9.90. The number of carbonyl (C=O) groups is 2. The molecule has 1 saturated heterocycles. The van der Waals surface area contributed by atoms with Crippen LogP contribution in [-0.4, -0.2) is 42.1 Å². The summed E-state index contributed by atoms with van der Waals surface area (Å²) < 4.78 is 0. The molecule has 142 valence electrons. The molecular weight excluding hydrogens is 352 g/mol. The zero-order valence-corrected chi connectivity index (χ0v) is 15.7. The van der Waals surface area contributed by atoms with Crippen LogP contribution in [0.5, 0.6) is 0 Å². The van der Waals surface area contributed by atoms with Gasteiger partial charge in [0.25, 0.3) is 0 Å². The van der Waals surface area contributed by atoms with Gasteiger partial charge in [-0.3, -0.25) is 0 Å². The van der Waals surface area contributed by atoms with Gasteiger partial charge in [-0.15, -0.1) is 0 Å². The van der Waals surface area contributed by atoms with Crippen molar-refractivity contribution >= 4 is 23.7 Å². The number of likely N-dealkylation sites (tertiary alicyclic amines) is 1. The third-order valence-electron chi connectivity index (χ3n) is 5.18. The van der Waals surface area contributed by atoms with Gasteiger partial charge in [0.1, 0.15) is 0 Å². The van der Waals surface area contributed by atoms with E-state index >= 15 is 0 Å². The molecule has 2 atom stereocenters. The van der Waals surface area contributed by atoms with Crippen molar-refractivity contribution in [2.45, 2.75) is 57.2 Å². The van der Waals surface area contributed by atoms with E-state index in [0.717, 1.165) is 57.2 Å². The molecule has 1 aliphatic carbocycles. The Balaban J connectivity index is 1.50. The molecule has 6 nitrogen and oxygen atoms in total. The minimum atomic E-state index is -0.225. The van der Waals surface area contributed by atoms with Crippen molar-refractivity contribution in [2.75, 3.05) is 13.1 Å². The van der Waals surface area contributed by atoms with Crippen LogP contribution in [0.25, 0.3) is 0 Å². The maximum absolute atomic E-state index is 12.4. The molecule has 26 heavy (non-hydrogen) atoms. The molecule has 1 saturated carbocycles. The van der Waals surface area contributed by atoms with E-state index in [1.807, 2.05) is 29.2 Å². The Morgan fingerprint density at radius 3 is 2.35 bits per heavy atom. The summed E-state index contributed by atoms with van der Waals surface area (Å²) in [5.74, 6) is 0. The first-order chi connectivity index (χ1) is 12.6. The predicted molar refractivity (Wildman–Crippen MR) is 102 cm³/mol. The summed E-state index contributed by atoms with van der Waals surface area (Å²) >= 11 is 6.12. The summed E-state index contributed by atoms with van der Waals surface area (Å²) in [5.41, 5.74) is 0.881. The quantitative estimate of drug-likeness (QED) is 0.752. The topological polar surface area (TPSA) is 73.5 Å². The van der Waals surface area contributed by atoms with Crippen molar-refractivity contribution < 1.29 is 9.59 Å². The molecule has 1 heterocycles. The van der Waals surface area contributed by atoms with E-state index in [-0.39, 0.29) is 24.1 Å². The highest BCUT2D eigenvalue weighted by Gasteiger charge is 2.29. The SMILES string of the molecule is O=C(NCc1ccccc1Cl)NC1CCCCC1NC(=O)N1CCCC1. The number of nitrogens with one attached hydrogen (secondary N) is 3. The number of hydrogen-bond donors (Lipinski definition) is 3. The number of benzene rings is 1. The predicted octanol–water partition coefficient (Wildman–Crippen LogP) is 3.26. The first kappa shape index (κ1) is 18.8. The minimum absolute atomic E-state index is 0.00215. The lowest BCUT2D eigenvalue weighted by molar-refractivity contribution is 0.191. The number of hydrogen-bond acceptors (Lipinski definition) is 2. The first-order valence-corrected chi connectivity index (χ1v) is 9.84. The highest BCUT2D eigenvalue weighted by molar-refractivity contribution is 6.31. The van der Waals surface area contributed by atoms with Gasteiger partial charge in [0.2, 0.25) is 0 Å². The molecule has 0 spiro atoms. The van der Waals surface area contributed by atoms with Crippen molar-refractivity contribution in [2.24, 2.45) is 0 Å². The number of carbonyl (C=O) groups excluding carboxylic acids is 2. The van der Waals surface area contributed by atoms with Crippen LogP contribution >= 0.6 is 11.6 Å². The van der Waals surface area contributed by atoms with Crippen LogP contribution in [0.15, 0.2) is 24.3 Å². The Morgan fingerprint density at radius 2 is 1.65 bits per heavy atom. The molecule has 1 aliphatic heterocycles. The third kappa shape index (κ3) is 5.04. The van der Waals surface area contributed by atoms with Crippen LogP contribution in [0.2, 0.25) is 5.02 Å². The fraction of sp³-hybridized carbons (Fsp3) is 0.579. The van der Waals surface area contributed by atoms with Gasteiger partial charge in [-0.2, -0.15) is 0 Å². The molecule has 4 amide bonds. The fourth-order valence-corrected chi connectivity index (χ4v) is 3.89. The van der Waals surface area contributed by atoms with Gasteiger partial charge in [0, 0.05) is 24.7 Å². The molecule has 7 heteroatoms. The van der Waals surface area contributed by atoms with Crippen molar-refractivity contribution in [3.63, 3.8) is 0 Å². The van der Waals surface area contributed by atoms with Crippen LogP contribution in [0, 0.1) is 0 Å². The Kier molecular flexibility index (Phi) is 6.61. The maximum atomic E-state index is 12.4. The van der Waals surface area contributed by atoms with Gasteiger partial charge < -0.3 is 20.9 Å². The van der Waals surface area contributed by atoms with E-state index in [1.54, 1.807) is 0 Å². The van der Waals surface area contributed by atoms with E-state index in [2.05, 4.69) is 16.0 Å². The largest absolute Gasteiger partial charge is 0.334 e. The van der Waals surface area contributed by atoms with Crippen LogP contribution in [-0.2, 0) is 6.54 Å². The van der Waals surface area contributed by atoms with Gasteiger partial charge in [-0.05, 0) is 37.3 Å². The van der Waals surface area contributed by atoms with Crippen LogP contribution in [0.3, 0.4) is 0 Å². The molecule has 1 aromatic carbocycles. The van der Waals surface area contributed by atoms with Gasteiger partial charge in [0.15, 0.2) is 0 Å². The van der Waals surface area contributed by atoms with Gasteiger partial charge in [-0.1, -0.05) is 42.6 Å². The Morgan fingerprint density at radius 1 is 1.00 bits per heavy atom. The third-order valence-corrected chi connectivity index (χ3v) is 5.55.